The summed E-state index contributed by atoms with van der Waals surface area (Å²) in [6.45, 7) is 8.51. The Morgan fingerprint density at radius 3 is 2.42 bits per heavy atom. The molecule has 1 N–H and O–H groups in total. The lowest BCUT2D eigenvalue weighted by molar-refractivity contribution is -0.172. The molecule has 1 aliphatic rings. The van der Waals surface area contributed by atoms with Gasteiger partial charge in [-0.2, -0.15) is 0 Å². The van der Waals surface area contributed by atoms with Crippen LogP contribution in [0.2, 0.25) is 18.1 Å². The molecule has 0 aromatic carbocycles. The molecular formula is C19H26INO4Si. The quantitative estimate of drug-likeness (QED) is 0.228. The molecule has 1 atom stereocenters. The average molecular weight is 487 g/mol. The number of nitrogens with zero attached hydrogens (tertiary/aromatic N) is 1. The Hall–Kier alpha value is -1.11. The molecule has 2 rings (SSSR count). The highest BCUT2D eigenvalue weighted by Crippen LogP contribution is 2.33. The second kappa shape index (κ2) is 8.27. The fourth-order valence-corrected chi connectivity index (χ4v) is 6.52. The second-order valence-electron chi connectivity index (χ2n) is 6.68. The number of fused-ring (bicyclic) bond motifs is 1. The van der Waals surface area contributed by atoms with E-state index in [1.807, 2.05) is 0 Å². The van der Waals surface area contributed by atoms with Gasteiger partial charge in [0.15, 0.2) is 5.60 Å². The summed E-state index contributed by atoms with van der Waals surface area (Å²) in [5.74, 6) is 2.54. The van der Waals surface area contributed by atoms with Crippen molar-refractivity contribution in [3.8, 4) is 11.5 Å². The fourth-order valence-electron chi connectivity index (χ4n) is 3.34. The van der Waals surface area contributed by atoms with Gasteiger partial charge in [0.05, 0.1) is 15.8 Å². The van der Waals surface area contributed by atoms with Gasteiger partial charge in [-0.05, 0) is 53.2 Å². The topological polar surface area (TPSA) is 68.5 Å². The third-order valence-corrected chi connectivity index (χ3v) is 11.3. The summed E-state index contributed by atoms with van der Waals surface area (Å²) >= 11 is 2.06. The molecule has 0 saturated heterocycles. The second-order valence-corrected chi connectivity index (χ2v) is 12.7. The van der Waals surface area contributed by atoms with Gasteiger partial charge in [0.1, 0.15) is 14.7 Å². The molecule has 5 nitrogen and oxygen atoms in total. The zero-order chi connectivity index (χ0) is 19.5. The van der Waals surface area contributed by atoms with Crippen molar-refractivity contribution >= 4 is 36.6 Å². The third-order valence-electron chi connectivity index (χ3n) is 5.61. The van der Waals surface area contributed by atoms with Gasteiger partial charge in [-0.15, -0.1) is 5.54 Å². The number of rotatable bonds is 5. The maximum Gasteiger partial charge on any atom is 0.343 e. The zero-order valence-corrected chi connectivity index (χ0v) is 19.0. The van der Waals surface area contributed by atoms with Gasteiger partial charge in [0, 0.05) is 5.56 Å². The molecule has 26 heavy (non-hydrogen) atoms. The molecule has 0 amide bonds. The first kappa shape index (κ1) is 21.2. The van der Waals surface area contributed by atoms with Crippen LogP contribution in [-0.4, -0.2) is 23.7 Å². The Labute approximate surface area is 169 Å². The summed E-state index contributed by atoms with van der Waals surface area (Å²) in [5, 5.41) is 10.7. The fraction of sp³-hybridized carbons (Fsp3) is 0.579. The molecule has 0 aliphatic carbocycles. The summed E-state index contributed by atoms with van der Waals surface area (Å²) < 4.78 is 7.33. The van der Waals surface area contributed by atoms with Crippen LogP contribution in [0, 0.1) is 15.2 Å². The molecule has 0 bridgehead atoms. The largest absolute Gasteiger partial charge is 0.458 e. The van der Waals surface area contributed by atoms with Crippen molar-refractivity contribution in [2.45, 2.75) is 71.0 Å². The molecule has 2 heterocycles. The number of carbonyl (C=O) groups is 1. The van der Waals surface area contributed by atoms with Gasteiger partial charge in [0.2, 0.25) is 0 Å². The number of ether oxygens (including phenoxy) is 1. The summed E-state index contributed by atoms with van der Waals surface area (Å²) in [7, 11) is -1.56. The summed E-state index contributed by atoms with van der Waals surface area (Å²) in [6, 6.07) is 5.06. The molecule has 0 spiro atoms. The Balaban J connectivity index is 2.46. The minimum absolute atomic E-state index is 0.1000. The lowest BCUT2D eigenvalue weighted by atomic mass is 9.87. The number of hydrogen-bond donors (Lipinski definition) is 1. The lowest BCUT2D eigenvalue weighted by Gasteiger charge is -2.31. The molecular weight excluding hydrogens is 461 g/mol. The molecule has 7 heteroatoms. The van der Waals surface area contributed by atoms with E-state index in [0.29, 0.717) is 21.4 Å². The van der Waals surface area contributed by atoms with Crippen molar-refractivity contribution in [1.82, 2.24) is 4.57 Å². The maximum absolute atomic E-state index is 12.9. The van der Waals surface area contributed by atoms with Crippen LogP contribution in [0.25, 0.3) is 0 Å². The van der Waals surface area contributed by atoms with E-state index >= 15 is 0 Å². The van der Waals surface area contributed by atoms with Crippen molar-refractivity contribution in [1.29, 1.82) is 0 Å². The van der Waals surface area contributed by atoms with Crippen molar-refractivity contribution in [2.75, 3.05) is 0 Å². The lowest BCUT2D eigenvalue weighted by Crippen LogP contribution is -2.44. The smallest absolute Gasteiger partial charge is 0.343 e. The van der Waals surface area contributed by atoms with E-state index < -0.39 is 19.6 Å². The summed E-state index contributed by atoms with van der Waals surface area (Å²) in [5.41, 5.74) is 2.23. The Morgan fingerprint density at radius 2 is 1.88 bits per heavy atom. The first-order valence-corrected chi connectivity index (χ1v) is 12.8. The predicted molar refractivity (Wildman–Crippen MR) is 112 cm³/mol. The van der Waals surface area contributed by atoms with Gasteiger partial charge < -0.3 is 9.84 Å². The van der Waals surface area contributed by atoms with E-state index in [0.717, 1.165) is 18.1 Å². The minimum Gasteiger partial charge on any atom is -0.458 e. The monoisotopic (exact) mass is 487 g/mol. The molecule has 0 unspecified atom stereocenters. The normalized spacial score (nSPS) is 19.4. The van der Waals surface area contributed by atoms with Crippen LogP contribution in [-0.2, 0) is 28.3 Å². The number of hydrogen-bond acceptors (Lipinski definition) is 4. The average Bonchev–Trinajstić information content (AvgIpc) is 2.65. The van der Waals surface area contributed by atoms with Crippen LogP contribution in [0.1, 0.15) is 45.2 Å². The molecule has 0 radical (unpaired) electrons. The molecule has 142 valence electrons. The van der Waals surface area contributed by atoms with Crippen LogP contribution in [0.4, 0.5) is 0 Å². The number of carbonyl (C=O) groups excluding carboxylic acids is 1. The molecule has 0 saturated carbocycles. The highest BCUT2D eigenvalue weighted by atomic mass is 127. The predicted octanol–water partition coefficient (Wildman–Crippen LogP) is 3.16. The van der Waals surface area contributed by atoms with Crippen LogP contribution < -0.4 is 5.56 Å². The zero-order valence-electron chi connectivity index (χ0n) is 15.8. The van der Waals surface area contributed by atoms with E-state index in [1.54, 1.807) is 17.6 Å². The van der Waals surface area contributed by atoms with Crippen molar-refractivity contribution < 1.29 is 14.6 Å². The van der Waals surface area contributed by atoms with Crippen LogP contribution >= 0.6 is 22.6 Å². The number of halogens is 1. The van der Waals surface area contributed by atoms with E-state index in [-0.39, 0.29) is 18.6 Å². The summed E-state index contributed by atoms with van der Waals surface area (Å²) in [4.78, 5) is 24.9. The number of aromatic nitrogens is 1. The molecule has 1 aromatic heterocycles. The van der Waals surface area contributed by atoms with Crippen LogP contribution in [0.15, 0.2) is 10.9 Å². The maximum atomic E-state index is 12.9. The van der Waals surface area contributed by atoms with Gasteiger partial charge >= 0.3 is 5.97 Å². The number of aliphatic hydroxyl groups is 1. The van der Waals surface area contributed by atoms with Crippen molar-refractivity contribution in [3.05, 3.63) is 31.2 Å². The number of pyridine rings is 1. The molecule has 1 aromatic rings. The van der Waals surface area contributed by atoms with Gasteiger partial charge in [0.25, 0.3) is 5.56 Å². The Morgan fingerprint density at radius 1 is 1.27 bits per heavy atom. The van der Waals surface area contributed by atoms with Crippen molar-refractivity contribution in [3.63, 3.8) is 0 Å². The van der Waals surface area contributed by atoms with Crippen LogP contribution in [0.3, 0.4) is 0 Å². The van der Waals surface area contributed by atoms with Crippen LogP contribution in [0.5, 0.6) is 0 Å². The molecule has 0 fully saturated rings. The Bertz CT molecular complexity index is 811. The molecule has 1 aliphatic heterocycles. The van der Waals surface area contributed by atoms with E-state index in [9.17, 15) is 14.7 Å². The summed E-state index contributed by atoms with van der Waals surface area (Å²) in [6.07, 6.45) is 0.162. The van der Waals surface area contributed by atoms with Crippen molar-refractivity contribution in [2.24, 2.45) is 0 Å². The van der Waals surface area contributed by atoms with Gasteiger partial charge in [-0.1, -0.05) is 33.6 Å². The van der Waals surface area contributed by atoms with Gasteiger partial charge in [-0.25, -0.2) is 4.79 Å². The SMILES string of the molecule is CC[C@@]1(O)C(=O)OCc2c1cc(I)n(CC#C[Si](CC)(CC)CC)c2=O. The number of cyclic esters (lactones) is 1. The third kappa shape index (κ3) is 3.64. The first-order chi connectivity index (χ1) is 12.3. The standard InChI is InChI=1S/C19H26INO4Si/c1-5-19(24)15-12-16(20)21(17(22)14(15)13-25-18(19)23)10-9-11-26(6-2,7-3)8-4/h12,24H,5-8,10,13H2,1-4H3/t19-/m0/s1. The highest BCUT2D eigenvalue weighted by molar-refractivity contribution is 14.1. The minimum atomic E-state index is -1.74. The van der Waals surface area contributed by atoms with E-state index in [1.165, 1.54) is 0 Å². The van der Waals surface area contributed by atoms with E-state index in [2.05, 4.69) is 54.8 Å². The number of esters is 1. The van der Waals surface area contributed by atoms with E-state index in [4.69, 9.17) is 4.74 Å². The van der Waals surface area contributed by atoms with Gasteiger partial charge in [-0.3, -0.25) is 9.36 Å². The first-order valence-electron chi connectivity index (χ1n) is 9.10. The Kier molecular flexibility index (Phi) is 6.74. The highest BCUT2D eigenvalue weighted by Gasteiger charge is 2.44.